The molecule has 216 valence electrons. The van der Waals surface area contributed by atoms with Crippen molar-refractivity contribution in [2.24, 2.45) is 0 Å². The Labute approximate surface area is 254 Å². The molecule has 0 aliphatic carbocycles. The number of amides is 1. The van der Waals surface area contributed by atoms with Gasteiger partial charge in [-0.3, -0.25) is 14.5 Å². The monoisotopic (exact) mass is 613 g/mol. The van der Waals surface area contributed by atoms with Gasteiger partial charge in [0, 0.05) is 11.3 Å². The number of hydrogen-bond donors (Lipinski definition) is 2. The third-order valence-corrected chi connectivity index (χ3v) is 9.35. The number of aliphatic hydroxyl groups is 1. The minimum Gasteiger partial charge on any atom is -0.507 e. The Morgan fingerprint density at radius 2 is 1.84 bits per heavy atom. The minimum absolute atomic E-state index is 0.0421. The van der Waals surface area contributed by atoms with Crippen molar-refractivity contribution in [1.29, 1.82) is 0 Å². The van der Waals surface area contributed by atoms with Crippen LogP contribution in [-0.4, -0.2) is 39.2 Å². The number of phenols is 1. The number of anilines is 1. The lowest BCUT2D eigenvalue weighted by atomic mass is 9.95. The van der Waals surface area contributed by atoms with Crippen molar-refractivity contribution >= 4 is 56.5 Å². The molecule has 4 aromatic carbocycles. The highest BCUT2D eigenvalue weighted by Crippen LogP contribution is 2.45. The molecule has 1 aliphatic rings. The summed E-state index contributed by atoms with van der Waals surface area (Å²) in [5.74, 6) is -2.43. The van der Waals surface area contributed by atoms with E-state index < -0.39 is 29.3 Å². The van der Waals surface area contributed by atoms with Gasteiger partial charge in [0.25, 0.3) is 5.78 Å². The number of benzene rings is 4. The van der Waals surface area contributed by atoms with Crippen molar-refractivity contribution < 1.29 is 28.9 Å². The Morgan fingerprint density at radius 3 is 2.63 bits per heavy atom. The zero-order valence-corrected chi connectivity index (χ0v) is 24.6. The van der Waals surface area contributed by atoms with E-state index in [9.17, 15) is 24.2 Å². The smallest absolute Gasteiger partial charge is 0.301 e. The first-order chi connectivity index (χ1) is 20.8. The topological polar surface area (TPSA) is 113 Å². The maximum atomic E-state index is 14.4. The van der Waals surface area contributed by atoms with E-state index in [1.165, 1.54) is 54.1 Å². The number of carbonyl (C=O) groups excluding carboxylic acids is 2. The minimum atomic E-state index is -1.15. The van der Waals surface area contributed by atoms with Crippen LogP contribution < -0.4 is 9.64 Å². The predicted molar refractivity (Wildman–Crippen MR) is 164 cm³/mol. The summed E-state index contributed by atoms with van der Waals surface area (Å²) >= 11 is 2.58. The highest BCUT2D eigenvalue weighted by atomic mass is 32.2. The van der Waals surface area contributed by atoms with Crippen molar-refractivity contribution in [3.05, 3.63) is 113 Å². The van der Waals surface area contributed by atoms with Crippen molar-refractivity contribution in [3.63, 3.8) is 0 Å². The molecule has 0 radical (unpaired) electrons. The van der Waals surface area contributed by atoms with Crippen LogP contribution in [0.1, 0.15) is 28.3 Å². The summed E-state index contributed by atoms with van der Waals surface area (Å²) in [6.45, 7) is 1.58. The average molecular weight is 614 g/mol. The molecule has 1 aromatic heterocycles. The third kappa shape index (κ3) is 5.21. The summed E-state index contributed by atoms with van der Waals surface area (Å²) in [5, 5.41) is 32.4. The number of thioether (sulfide) groups is 1. The standard InChI is InChI=1S/C32H24FN3O5S2/c1-17-10-11-20(14-23(17)33)28(38)26-27(19-12-13-24(37)25(15-19)41-2)36(30(40)29(26)39)31-34-35-32(43-31)42-16-21-8-5-7-18-6-3-4-9-22(18)21/h3-15,27,37-38H,16H2,1-2H3/t27-/m0/s1. The van der Waals surface area contributed by atoms with Gasteiger partial charge in [-0.25, -0.2) is 4.39 Å². The van der Waals surface area contributed by atoms with E-state index in [1.54, 1.807) is 6.92 Å². The number of methoxy groups -OCH3 is 1. The molecule has 0 bridgehead atoms. The summed E-state index contributed by atoms with van der Waals surface area (Å²) in [5.41, 5.74) is 1.63. The molecule has 0 saturated carbocycles. The van der Waals surface area contributed by atoms with Crippen molar-refractivity contribution in [2.75, 3.05) is 12.0 Å². The molecule has 1 aliphatic heterocycles. The molecule has 0 unspecified atom stereocenters. The van der Waals surface area contributed by atoms with E-state index >= 15 is 0 Å². The van der Waals surface area contributed by atoms with E-state index in [0.717, 1.165) is 33.7 Å². The number of ketones is 1. The molecule has 1 saturated heterocycles. The number of fused-ring (bicyclic) bond motifs is 1. The first kappa shape index (κ1) is 28.4. The lowest BCUT2D eigenvalue weighted by molar-refractivity contribution is -0.132. The fourth-order valence-electron chi connectivity index (χ4n) is 5.02. The molecular formula is C32H24FN3O5S2. The first-order valence-corrected chi connectivity index (χ1v) is 14.9. The fourth-order valence-corrected chi connectivity index (χ4v) is 6.89. The highest BCUT2D eigenvalue weighted by Gasteiger charge is 2.48. The van der Waals surface area contributed by atoms with Gasteiger partial charge in [0.15, 0.2) is 15.8 Å². The second kappa shape index (κ2) is 11.5. The van der Waals surface area contributed by atoms with Crippen LogP contribution in [-0.2, 0) is 15.3 Å². The molecule has 0 spiro atoms. The number of rotatable bonds is 7. The van der Waals surface area contributed by atoms with Crippen LogP contribution in [0.2, 0.25) is 0 Å². The Hall–Kier alpha value is -4.74. The van der Waals surface area contributed by atoms with Crippen LogP contribution in [0.25, 0.3) is 16.5 Å². The maximum Gasteiger partial charge on any atom is 0.301 e. The van der Waals surface area contributed by atoms with Gasteiger partial charge in [-0.1, -0.05) is 83.8 Å². The van der Waals surface area contributed by atoms with Gasteiger partial charge >= 0.3 is 5.91 Å². The van der Waals surface area contributed by atoms with E-state index in [-0.39, 0.29) is 27.8 Å². The lowest BCUT2D eigenvalue weighted by Gasteiger charge is -2.23. The molecule has 1 amide bonds. The van der Waals surface area contributed by atoms with Crippen LogP contribution in [0.15, 0.2) is 88.8 Å². The molecule has 2 heterocycles. The Kier molecular flexibility index (Phi) is 7.59. The largest absolute Gasteiger partial charge is 0.507 e. The summed E-state index contributed by atoms with van der Waals surface area (Å²) in [4.78, 5) is 28.2. The highest BCUT2D eigenvalue weighted by molar-refractivity contribution is 8.00. The summed E-state index contributed by atoms with van der Waals surface area (Å²) in [7, 11) is 1.37. The van der Waals surface area contributed by atoms with Gasteiger partial charge < -0.3 is 14.9 Å². The Balaban J connectivity index is 1.40. The number of halogens is 1. The summed E-state index contributed by atoms with van der Waals surface area (Å²) in [6, 6.07) is 21.4. The van der Waals surface area contributed by atoms with Crippen LogP contribution in [0.4, 0.5) is 9.52 Å². The predicted octanol–water partition coefficient (Wildman–Crippen LogP) is 6.77. The normalized spacial score (nSPS) is 16.3. The Bertz CT molecular complexity index is 1930. The number of nitrogens with zero attached hydrogens (tertiary/aromatic N) is 3. The van der Waals surface area contributed by atoms with Gasteiger partial charge in [-0.2, -0.15) is 0 Å². The second-order valence-corrected chi connectivity index (χ2v) is 12.0. The number of hydrogen-bond acceptors (Lipinski definition) is 9. The molecule has 11 heteroatoms. The summed E-state index contributed by atoms with van der Waals surface area (Å²) in [6.07, 6.45) is 0. The number of aliphatic hydroxyl groups excluding tert-OH is 1. The maximum absolute atomic E-state index is 14.4. The van der Waals surface area contributed by atoms with Crippen LogP contribution in [0.5, 0.6) is 11.5 Å². The number of aromatic nitrogens is 2. The second-order valence-electron chi connectivity index (χ2n) is 9.84. The quantitative estimate of drug-likeness (QED) is 0.0680. The molecule has 2 N–H and O–H groups in total. The Morgan fingerprint density at radius 1 is 1.05 bits per heavy atom. The number of carbonyl (C=O) groups is 2. The number of aryl methyl sites for hydroxylation is 1. The van der Waals surface area contributed by atoms with E-state index in [0.29, 0.717) is 21.2 Å². The molecule has 5 aromatic rings. The van der Waals surface area contributed by atoms with Gasteiger partial charge in [0.05, 0.1) is 18.7 Å². The van der Waals surface area contributed by atoms with E-state index in [1.807, 2.05) is 36.4 Å². The number of aromatic hydroxyl groups is 1. The van der Waals surface area contributed by atoms with Gasteiger partial charge in [-0.15, -0.1) is 10.2 Å². The molecule has 8 nitrogen and oxygen atoms in total. The van der Waals surface area contributed by atoms with Crippen molar-refractivity contribution in [1.82, 2.24) is 10.2 Å². The van der Waals surface area contributed by atoms with Gasteiger partial charge in [-0.05, 0) is 52.6 Å². The van der Waals surface area contributed by atoms with Crippen molar-refractivity contribution in [3.8, 4) is 11.5 Å². The van der Waals surface area contributed by atoms with Gasteiger partial charge in [0.1, 0.15) is 11.6 Å². The van der Waals surface area contributed by atoms with E-state index in [2.05, 4.69) is 16.3 Å². The summed E-state index contributed by atoms with van der Waals surface area (Å²) < 4.78 is 20.3. The van der Waals surface area contributed by atoms with Crippen LogP contribution >= 0.6 is 23.1 Å². The molecule has 1 atom stereocenters. The number of ether oxygens (including phenoxy) is 1. The molecular weight excluding hydrogens is 590 g/mol. The molecule has 1 fully saturated rings. The molecule has 43 heavy (non-hydrogen) atoms. The van der Waals surface area contributed by atoms with Crippen molar-refractivity contribution in [2.45, 2.75) is 23.1 Å². The molecule has 6 rings (SSSR count). The third-order valence-electron chi connectivity index (χ3n) is 7.24. The fraction of sp³-hybridized carbons (Fsp3) is 0.125. The van der Waals surface area contributed by atoms with Crippen LogP contribution in [0.3, 0.4) is 0 Å². The first-order valence-electron chi connectivity index (χ1n) is 13.1. The van der Waals surface area contributed by atoms with E-state index in [4.69, 9.17) is 4.74 Å². The average Bonchev–Trinajstić information content (AvgIpc) is 3.59. The number of Topliss-reactive ketones (excluding diaryl/α,β-unsaturated/α-hetero) is 1. The lowest BCUT2D eigenvalue weighted by Crippen LogP contribution is -2.29. The van der Waals surface area contributed by atoms with Gasteiger partial charge in [0.2, 0.25) is 5.13 Å². The zero-order valence-electron chi connectivity index (χ0n) is 22.9. The zero-order chi connectivity index (χ0) is 30.2. The number of phenolic OH excluding ortho intramolecular Hbond substituents is 1. The SMILES string of the molecule is COc1cc([C@H]2C(=C(O)c3ccc(C)c(F)c3)C(=O)C(=O)N2c2nnc(SCc3cccc4ccccc34)s2)ccc1O. The van der Waals surface area contributed by atoms with Crippen LogP contribution in [0, 0.1) is 12.7 Å².